The van der Waals surface area contributed by atoms with E-state index in [-0.39, 0.29) is 11.8 Å². The standard InChI is InChI=1S/C18H20ClN5O2/c19-13-1-2-15-16(9-13)26-18(23-15)24-7-4-12(5-8-24)17(25)21-6-3-14-10-20-11-22-14/h1-2,9-12H,3-8H2,(H,20,22)(H,21,25). The number of rotatable bonds is 5. The number of imidazole rings is 1. The van der Waals surface area contributed by atoms with Gasteiger partial charge in [-0.05, 0) is 25.0 Å². The van der Waals surface area contributed by atoms with Gasteiger partial charge in [0.1, 0.15) is 5.52 Å². The minimum atomic E-state index is 0.0341. The highest BCUT2D eigenvalue weighted by Crippen LogP contribution is 2.27. The van der Waals surface area contributed by atoms with Crippen LogP contribution in [0.3, 0.4) is 0 Å². The Morgan fingerprint density at radius 1 is 1.38 bits per heavy atom. The van der Waals surface area contributed by atoms with E-state index in [1.807, 2.05) is 6.07 Å². The second-order valence-corrected chi connectivity index (χ2v) is 6.92. The number of carbonyl (C=O) groups is 1. The highest BCUT2D eigenvalue weighted by atomic mass is 35.5. The molecule has 0 atom stereocenters. The molecule has 0 aliphatic carbocycles. The molecule has 0 spiro atoms. The Kier molecular flexibility index (Phi) is 4.79. The smallest absolute Gasteiger partial charge is 0.298 e. The summed E-state index contributed by atoms with van der Waals surface area (Å²) >= 11 is 5.99. The van der Waals surface area contributed by atoms with E-state index in [2.05, 4.69) is 25.2 Å². The summed E-state index contributed by atoms with van der Waals surface area (Å²) < 4.78 is 5.81. The average Bonchev–Trinajstić information content (AvgIpc) is 3.31. The third kappa shape index (κ3) is 3.67. The number of hydrogen-bond donors (Lipinski definition) is 2. The van der Waals surface area contributed by atoms with E-state index in [1.165, 1.54) is 0 Å². The molecule has 3 heterocycles. The first-order chi connectivity index (χ1) is 12.7. The third-order valence-corrected chi connectivity index (χ3v) is 4.96. The molecule has 0 saturated carbocycles. The Balaban J connectivity index is 1.29. The Morgan fingerprint density at radius 2 is 2.23 bits per heavy atom. The van der Waals surface area contributed by atoms with E-state index in [4.69, 9.17) is 16.0 Å². The SMILES string of the molecule is O=C(NCCc1cnc[nH]1)C1CCN(c2nc3ccc(Cl)cc3o2)CC1. The second-order valence-electron chi connectivity index (χ2n) is 6.49. The molecule has 8 heteroatoms. The third-order valence-electron chi connectivity index (χ3n) is 4.72. The highest BCUT2D eigenvalue weighted by molar-refractivity contribution is 6.31. The Hall–Kier alpha value is -2.54. The van der Waals surface area contributed by atoms with Crippen LogP contribution >= 0.6 is 11.6 Å². The minimum absolute atomic E-state index is 0.0341. The molecular formula is C18H20ClN5O2. The van der Waals surface area contributed by atoms with Crippen LogP contribution in [0.15, 0.2) is 35.1 Å². The van der Waals surface area contributed by atoms with Crippen LogP contribution in [0, 0.1) is 5.92 Å². The fourth-order valence-corrected chi connectivity index (χ4v) is 3.40. The molecule has 0 unspecified atom stereocenters. The van der Waals surface area contributed by atoms with Gasteiger partial charge in [-0.2, -0.15) is 4.98 Å². The van der Waals surface area contributed by atoms with Gasteiger partial charge in [0.25, 0.3) is 6.01 Å². The lowest BCUT2D eigenvalue weighted by Gasteiger charge is -2.30. The molecule has 1 aliphatic rings. The summed E-state index contributed by atoms with van der Waals surface area (Å²) in [6, 6.07) is 6.02. The maximum atomic E-state index is 12.3. The van der Waals surface area contributed by atoms with E-state index in [1.54, 1.807) is 24.7 Å². The number of halogens is 1. The predicted octanol–water partition coefficient (Wildman–Crippen LogP) is 2.78. The number of hydrogen-bond acceptors (Lipinski definition) is 5. The van der Waals surface area contributed by atoms with E-state index in [0.717, 1.165) is 43.6 Å². The van der Waals surface area contributed by atoms with Gasteiger partial charge in [0.2, 0.25) is 5.91 Å². The number of aromatic amines is 1. The fourth-order valence-electron chi connectivity index (χ4n) is 3.24. The van der Waals surface area contributed by atoms with E-state index >= 15 is 0 Å². The van der Waals surface area contributed by atoms with Crippen LogP contribution < -0.4 is 10.2 Å². The number of oxazole rings is 1. The first-order valence-electron chi connectivity index (χ1n) is 8.75. The molecule has 3 aromatic rings. The molecule has 1 aromatic carbocycles. The lowest BCUT2D eigenvalue weighted by Crippen LogP contribution is -2.41. The van der Waals surface area contributed by atoms with Gasteiger partial charge in [-0.3, -0.25) is 4.79 Å². The minimum Gasteiger partial charge on any atom is -0.423 e. The summed E-state index contributed by atoms with van der Waals surface area (Å²) in [5.41, 5.74) is 2.51. The fraction of sp³-hybridized carbons (Fsp3) is 0.389. The van der Waals surface area contributed by atoms with Crippen molar-refractivity contribution in [2.75, 3.05) is 24.5 Å². The highest BCUT2D eigenvalue weighted by Gasteiger charge is 2.27. The van der Waals surface area contributed by atoms with Crippen LogP contribution in [-0.4, -0.2) is 40.5 Å². The zero-order valence-electron chi connectivity index (χ0n) is 14.2. The molecule has 2 aromatic heterocycles. The summed E-state index contributed by atoms with van der Waals surface area (Å²) in [6.07, 6.45) is 5.76. The summed E-state index contributed by atoms with van der Waals surface area (Å²) in [5.74, 6) is 0.153. The molecule has 4 rings (SSSR count). The number of H-pyrrole nitrogens is 1. The van der Waals surface area contributed by atoms with Gasteiger partial charge in [0.05, 0.1) is 6.33 Å². The van der Waals surface area contributed by atoms with Gasteiger partial charge < -0.3 is 19.6 Å². The van der Waals surface area contributed by atoms with E-state index < -0.39 is 0 Å². The number of anilines is 1. The van der Waals surface area contributed by atoms with Crippen LogP contribution in [-0.2, 0) is 11.2 Å². The van der Waals surface area contributed by atoms with Crippen LogP contribution in [0.2, 0.25) is 5.02 Å². The first kappa shape index (κ1) is 16.9. The molecule has 26 heavy (non-hydrogen) atoms. The van der Waals surface area contributed by atoms with Crippen LogP contribution in [0.25, 0.3) is 11.1 Å². The van der Waals surface area contributed by atoms with Crippen molar-refractivity contribution in [3.63, 3.8) is 0 Å². The van der Waals surface area contributed by atoms with Crippen molar-refractivity contribution in [1.82, 2.24) is 20.3 Å². The molecule has 7 nitrogen and oxygen atoms in total. The van der Waals surface area contributed by atoms with Gasteiger partial charge >= 0.3 is 0 Å². The van der Waals surface area contributed by atoms with E-state index in [0.29, 0.717) is 23.2 Å². The van der Waals surface area contributed by atoms with E-state index in [9.17, 15) is 4.79 Å². The normalized spacial score (nSPS) is 15.5. The number of benzene rings is 1. The maximum absolute atomic E-state index is 12.3. The summed E-state index contributed by atoms with van der Waals surface area (Å²) in [4.78, 5) is 25.9. The van der Waals surface area contributed by atoms with Crippen molar-refractivity contribution < 1.29 is 9.21 Å². The van der Waals surface area contributed by atoms with Gasteiger partial charge in [-0.15, -0.1) is 0 Å². The molecular weight excluding hydrogens is 354 g/mol. The van der Waals surface area contributed by atoms with Gasteiger partial charge in [-0.25, -0.2) is 4.98 Å². The quantitative estimate of drug-likeness (QED) is 0.718. The Labute approximate surface area is 155 Å². The lowest BCUT2D eigenvalue weighted by molar-refractivity contribution is -0.125. The number of fused-ring (bicyclic) bond motifs is 1. The number of aromatic nitrogens is 3. The summed E-state index contributed by atoms with van der Waals surface area (Å²) in [7, 11) is 0. The number of nitrogens with zero attached hydrogens (tertiary/aromatic N) is 3. The maximum Gasteiger partial charge on any atom is 0.298 e. The molecule has 0 radical (unpaired) electrons. The summed E-state index contributed by atoms with van der Waals surface area (Å²) in [6.45, 7) is 2.12. The van der Waals surface area contributed by atoms with Crippen LogP contribution in [0.5, 0.6) is 0 Å². The van der Waals surface area contributed by atoms with Crippen LogP contribution in [0.1, 0.15) is 18.5 Å². The number of nitrogens with one attached hydrogen (secondary N) is 2. The Bertz CT molecular complexity index is 884. The number of carbonyl (C=O) groups excluding carboxylic acids is 1. The molecule has 2 N–H and O–H groups in total. The van der Waals surface area contributed by atoms with Gasteiger partial charge in [0.15, 0.2) is 5.58 Å². The largest absolute Gasteiger partial charge is 0.423 e. The monoisotopic (exact) mass is 373 g/mol. The topological polar surface area (TPSA) is 87.0 Å². The van der Waals surface area contributed by atoms with Gasteiger partial charge in [0, 0.05) is 55.0 Å². The number of amides is 1. The van der Waals surface area contributed by atoms with Crippen molar-refractivity contribution >= 4 is 34.6 Å². The lowest BCUT2D eigenvalue weighted by atomic mass is 9.96. The van der Waals surface area contributed by atoms with Crippen molar-refractivity contribution in [2.24, 2.45) is 5.92 Å². The average molecular weight is 374 g/mol. The molecule has 0 bridgehead atoms. The molecule has 1 aliphatic heterocycles. The first-order valence-corrected chi connectivity index (χ1v) is 9.13. The molecule has 1 fully saturated rings. The second kappa shape index (κ2) is 7.37. The van der Waals surface area contributed by atoms with Crippen molar-refractivity contribution in [2.45, 2.75) is 19.3 Å². The zero-order chi connectivity index (χ0) is 17.9. The summed E-state index contributed by atoms with van der Waals surface area (Å²) in [5, 5.41) is 3.64. The number of piperidine rings is 1. The zero-order valence-corrected chi connectivity index (χ0v) is 15.0. The molecule has 136 valence electrons. The van der Waals surface area contributed by atoms with Crippen LogP contribution in [0.4, 0.5) is 6.01 Å². The predicted molar refractivity (Wildman–Crippen MR) is 99.3 cm³/mol. The van der Waals surface area contributed by atoms with Gasteiger partial charge in [-0.1, -0.05) is 11.6 Å². The van der Waals surface area contributed by atoms with Crippen molar-refractivity contribution in [3.05, 3.63) is 41.4 Å². The molecule has 1 saturated heterocycles. The molecule has 1 amide bonds. The van der Waals surface area contributed by atoms with Crippen molar-refractivity contribution in [3.8, 4) is 0 Å². The van der Waals surface area contributed by atoms with Crippen molar-refractivity contribution in [1.29, 1.82) is 0 Å². The Morgan fingerprint density at radius 3 is 3.00 bits per heavy atom.